The number of anilines is 1. The maximum atomic E-state index is 14.5. The second-order valence-electron chi connectivity index (χ2n) is 10.3. The average Bonchev–Trinajstić information content (AvgIpc) is 3.56. The zero-order valence-electron chi connectivity index (χ0n) is 21.1. The Morgan fingerprint density at radius 2 is 1.97 bits per heavy atom. The van der Waals surface area contributed by atoms with Gasteiger partial charge in [0.25, 0.3) is 0 Å². The molecule has 2 unspecified atom stereocenters. The fourth-order valence-corrected chi connectivity index (χ4v) is 6.23. The number of aromatic nitrogens is 6. The maximum Gasteiger partial charge on any atom is 0.163 e. The number of halogens is 1. The average molecular weight is 517 g/mol. The quantitative estimate of drug-likeness (QED) is 0.345. The number of pyridine rings is 3. The van der Waals surface area contributed by atoms with Crippen LogP contribution in [0.1, 0.15) is 24.8 Å². The molecule has 8 rings (SSSR count). The van der Waals surface area contributed by atoms with Gasteiger partial charge < -0.3 is 15.2 Å². The Labute approximate surface area is 223 Å². The number of hydrogen-bond acceptors (Lipinski definition) is 7. The van der Waals surface area contributed by atoms with E-state index in [1.54, 1.807) is 18.5 Å². The monoisotopic (exact) mass is 516 g/mol. The number of rotatable bonds is 4. The number of hydrogen-bond donors (Lipinski definition) is 2. The van der Waals surface area contributed by atoms with Gasteiger partial charge in [-0.25, -0.2) is 19.3 Å². The van der Waals surface area contributed by atoms with Crippen molar-refractivity contribution in [3.05, 3.63) is 78.7 Å². The summed E-state index contributed by atoms with van der Waals surface area (Å²) in [6.07, 6.45) is 16.7. The molecular weight excluding hydrogens is 491 g/mol. The van der Waals surface area contributed by atoms with Gasteiger partial charge in [-0.15, -0.1) is 0 Å². The van der Waals surface area contributed by atoms with E-state index in [0.717, 1.165) is 71.2 Å². The lowest BCUT2D eigenvalue weighted by atomic mass is 9.96. The van der Waals surface area contributed by atoms with Crippen molar-refractivity contribution in [2.75, 3.05) is 18.0 Å². The van der Waals surface area contributed by atoms with Crippen LogP contribution in [0.3, 0.4) is 0 Å². The molecule has 2 aliphatic heterocycles. The van der Waals surface area contributed by atoms with Crippen LogP contribution in [-0.2, 0) is 0 Å². The zero-order chi connectivity index (χ0) is 25.9. The van der Waals surface area contributed by atoms with E-state index < -0.39 is 5.82 Å². The van der Waals surface area contributed by atoms with Crippen LogP contribution in [0.2, 0.25) is 0 Å². The minimum Gasteiger partial charge on any atom is -0.351 e. The standard InChI is InChI=1S/C30H25FN8/c31-21-6-2-11-34-27(21)23-14-19-18(8-12-35-28(19)36-23)29-37-24-16-32-15-20(17-4-1-5-17)26(24)30(38-29)39-13-9-22-25(39)7-3-10-33-22/h1-2,4-6,8,11-12,14-16,22,25,33H,3,7,9-10,13H2,(H,35,36). The van der Waals surface area contributed by atoms with Crippen LogP contribution in [0.5, 0.6) is 0 Å². The molecule has 3 aliphatic rings. The molecule has 2 N–H and O–H groups in total. The summed E-state index contributed by atoms with van der Waals surface area (Å²) in [6, 6.07) is 7.64. The predicted molar refractivity (Wildman–Crippen MR) is 150 cm³/mol. The number of nitrogens with one attached hydrogen (secondary N) is 2. The van der Waals surface area contributed by atoms with E-state index in [0.29, 0.717) is 29.2 Å². The van der Waals surface area contributed by atoms with E-state index in [9.17, 15) is 4.39 Å². The smallest absolute Gasteiger partial charge is 0.163 e. The molecule has 0 bridgehead atoms. The van der Waals surface area contributed by atoms with Crippen molar-refractivity contribution in [3.8, 4) is 22.8 Å². The van der Waals surface area contributed by atoms with Gasteiger partial charge in [-0.05, 0) is 55.6 Å². The van der Waals surface area contributed by atoms with Gasteiger partial charge in [-0.1, -0.05) is 18.2 Å². The highest BCUT2D eigenvalue weighted by molar-refractivity contribution is 6.04. The van der Waals surface area contributed by atoms with E-state index in [-0.39, 0.29) is 5.69 Å². The Morgan fingerprint density at radius 1 is 1.03 bits per heavy atom. The molecule has 1 aliphatic carbocycles. The lowest BCUT2D eigenvalue weighted by molar-refractivity contribution is 0.382. The second kappa shape index (κ2) is 8.78. The van der Waals surface area contributed by atoms with Gasteiger partial charge in [0.05, 0.1) is 22.8 Å². The lowest BCUT2D eigenvalue weighted by Gasteiger charge is -2.34. The first-order valence-electron chi connectivity index (χ1n) is 13.4. The molecule has 39 heavy (non-hydrogen) atoms. The molecule has 5 aromatic heterocycles. The van der Waals surface area contributed by atoms with Crippen LogP contribution < -0.4 is 10.2 Å². The van der Waals surface area contributed by atoms with Gasteiger partial charge in [-0.3, -0.25) is 9.97 Å². The lowest BCUT2D eigenvalue weighted by Crippen LogP contribution is -2.47. The molecule has 9 heteroatoms. The van der Waals surface area contributed by atoms with Crippen molar-refractivity contribution in [1.29, 1.82) is 0 Å². The van der Waals surface area contributed by atoms with Crippen molar-refractivity contribution in [1.82, 2.24) is 35.2 Å². The largest absolute Gasteiger partial charge is 0.351 e. The summed E-state index contributed by atoms with van der Waals surface area (Å²) in [5.41, 5.74) is 5.27. The van der Waals surface area contributed by atoms with Gasteiger partial charge in [-0.2, -0.15) is 0 Å². The molecule has 0 spiro atoms. The number of allylic oxidation sites excluding steroid dienone is 4. The summed E-state index contributed by atoms with van der Waals surface area (Å²) in [4.78, 5) is 29.3. The van der Waals surface area contributed by atoms with Crippen LogP contribution >= 0.6 is 0 Å². The topological polar surface area (TPSA) is 95.5 Å². The summed E-state index contributed by atoms with van der Waals surface area (Å²) in [5.74, 6) is 1.15. The fourth-order valence-electron chi connectivity index (χ4n) is 6.23. The minimum absolute atomic E-state index is 0.255. The maximum absolute atomic E-state index is 14.5. The first kappa shape index (κ1) is 22.5. The molecule has 0 radical (unpaired) electrons. The summed E-state index contributed by atoms with van der Waals surface area (Å²) < 4.78 is 14.5. The number of piperidine rings is 1. The molecule has 5 aromatic rings. The van der Waals surface area contributed by atoms with Gasteiger partial charge >= 0.3 is 0 Å². The highest BCUT2D eigenvalue weighted by Crippen LogP contribution is 2.40. The van der Waals surface area contributed by atoms with Crippen molar-refractivity contribution < 1.29 is 4.39 Å². The second-order valence-corrected chi connectivity index (χ2v) is 10.3. The van der Waals surface area contributed by atoms with E-state index in [1.165, 1.54) is 6.07 Å². The summed E-state index contributed by atoms with van der Waals surface area (Å²) in [5, 5.41) is 5.56. The molecule has 0 saturated carbocycles. The predicted octanol–water partition coefficient (Wildman–Crippen LogP) is 5.05. The Morgan fingerprint density at radius 3 is 2.85 bits per heavy atom. The zero-order valence-corrected chi connectivity index (χ0v) is 21.1. The van der Waals surface area contributed by atoms with Crippen molar-refractivity contribution in [3.63, 3.8) is 0 Å². The molecule has 0 aromatic carbocycles. The fraction of sp³-hybridized carbons (Fsp3) is 0.233. The SMILES string of the molecule is Fc1cccnc1-c1cc2c(-c3nc(N4CCC5NCCCC54)c4c(C5=CC=C5)cncc4n3)ccnc2[nH]1. The van der Waals surface area contributed by atoms with Crippen LogP contribution in [0.15, 0.2) is 67.3 Å². The van der Waals surface area contributed by atoms with Crippen LogP contribution in [0.4, 0.5) is 10.2 Å². The summed E-state index contributed by atoms with van der Waals surface area (Å²) >= 11 is 0. The molecule has 8 nitrogen and oxygen atoms in total. The molecule has 2 saturated heterocycles. The number of nitrogens with zero attached hydrogens (tertiary/aromatic N) is 6. The Kier molecular flexibility index (Phi) is 5.06. The number of aromatic amines is 1. The molecular formula is C30H25FN8. The van der Waals surface area contributed by atoms with Crippen molar-refractivity contribution in [2.24, 2.45) is 0 Å². The van der Waals surface area contributed by atoms with E-state index >= 15 is 0 Å². The molecule has 7 heterocycles. The van der Waals surface area contributed by atoms with Crippen LogP contribution in [0.25, 0.3) is 50.3 Å². The Balaban J connectivity index is 1.34. The molecule has 0 amide bonds. The van der Waals surface area contributed by atoms with Crippen LogP contribution in [0, 0.1) is 5.82 Å². The first-order chi connectivity index (χ1) is 19.2. The first-order valence-corrected chi connectivity index (χ1v) is 13.4. The summed E-state index contributed by atoms with van der Waals surface area (Å²) in [7, 11) is 0. The number of fused-ring (bicyclic) bond motifs is 3. The summed E-state index contributed by atoms with van der Waals surface area (Å²) in [6.45, 7) is 2.00. The van der Waals surface area contributed by atoms with Crippen molar-refractivity contribution in [2.45, 2.75) is 31.3 Å². The minimum atomic E-state index is -0.391. The highest BCUT2D eigenvalue weighted by atomic mass is 19.1. The third-order valence-electron chi connectivity index (χ3n) is 8.14. The highest BCUT2D eigenvalue weighted by Gasteiger charge is 2.38. The molecule has 192 valence electrons. The van der Waals surface area contributed by atoms with E-state index in [4.69, 9.17) is 9.97 Å². The van der Waals surface area contributed by atoms with Gasteiger partial charge in [0.15, 0.2) is 11.6 Å². The van der Waals surface area contributed by atoms with E-state index in [2.05, 4.69) is 42.3 Å². The third-order valence-corrected chi connectivity index (χ3v) is 8.14. The normalized spacial score (nSPS) is 20.3. The Bertz CT molecular complexity index is 1820. The molecule has 2 fully saturated rings. The van der Waals surface area contributed by atoms with Crippen molar-refractivity contribution >= 4 is 33.3 Å². The third kappa shape index (κ3) is 3.57. The Hall–Kier alpha value is -4.50. The van der Waals surface area contributed by atoms with E-state index in [1.807, 2.05) is 30.6 Å². The van der Waals surface area contributed by atoms with Crippen LogP contribution in [-0.4, -0.2) is 55.1 Å². The number of H-pyrrole nitrogens is 1. The van der Waals surface area contributed by atoms with Gasteiger partial charge in [0.1, 0.15) is 17.2 Å². The van der Waals surface area contributed by atoms with Gasteiger partial charge in [0, 0.05) is 53.7 Å². The van der Waals surface area contributed by atoms with Gasteiger partial charge in [0.2, 0.25) is 0 Å². The molecule has 2 atom stereocenters.